The van der Waals surface area contributed by atoms with E-state index in [1.807, 2.05) is 25.4 Å². The lowest BCUT2D eigenvalue weighted by Crippen LogP contribution is -2.43. The highest BCUT2D eigenvalue weighted by Crippen LogP contribution is 2.51. The molecule has 1 aromatic carbocycles. The lowest BCUT2D eigenvalue weighted by molar-refractivity contribution is -0.138. The zero-order valence-electron chi connectivity index (χ0n) is 18.6. The first kappa shape index (κ1) is 21.0. The van der Waals surface area contributed by atoms with E-state index in [4.69, 9.17) is 4.74 Å². The predicted octanol–water partition coefficient (Wildman–Crippen LogP) is 4.69. The molecule has 0 N–H and O–H groups in total. The SMILES string of the molecule is CC(C)Oc1ccc(CN2C[C@H](c3nccs3)[C@]3(CCN(C4CCCC4)C3=O)C2)cc1. The Hall–Kier alpha value is -1.92. The Morgan fingerprint density at radius 1 is 1.23 bits per heavy atom. The average Bonchev–Trinajstić information content (AvgIpc) is 3.53. The van der Waals surface area contributed by atoms with Crippen molar-refractivity contribution in [3.8, 4) is 5.75 Å². The number of hydrogen-bond acceptors (Lipinski definition) is 5. The van der Waals surface area contributed by atoms with Crippen molar-refractivity contribution in [2.24, 2.45) is 5.41 Å². The first-order valence-corrected chi connectivity index (χ1v) is 12.6. The van der Waals surface area contributed by atoms with Crippen LogP contribution in [0.1, 0.15) is 62.4 Å². The van der Waals surface area contributed by atoms with Crippen molar-refractivity contribution in [1.82, 2.24) is 14.8 Å². The fourth-order valence-electron chi connectivity index (χ4n) is 5.90. The summed E-state index contributed by atoms with van der Waals surface area (Å²) in [5.41, 5.74) is 0.963. The summed E-state index contributed by atoms with van der Waals surface area (Å²) in [7, 11) is 0. The van der Waals surface area contributed by atoms with E-state index < -0.39 is 0 Å². The van der Waals surface area contributed by atoms with Crippen molar-refractivity contribution >= 4 is 17.2 Å². The van der Waals surface area contributed by atoms with Crippen molar-refractivity contribution in [2.75, 3.05) is 19.6 Å². The zero-order chi connectivity index (χ0) is 21.4. The molecule has 31 heavy (non-hydrogen) atoms. The molecule has 6 heteroatoms. The van der Waals surface area contributed by atoms with Gasteiger partial charge in [-0.2, -0.15) is 0 Å². The molecule has 1 amide bonds. The average molecular weight is 440 g/mol. The van der Waals surface area contributed by atoms with Crippen LogP contribution in [0.3, 0.4) is 0 Å². The van der Waals surface area contributed by atoms with Gasteiger partial charge in [-0.05, 0) is 50.8 Å². The zero-order valence-corrected chi connectivity index (χ0v) is 19.4. The van der Waals surface area contributed by atoms with Crippen LogP contribution >= 0.6 is 11.3 Å². The van der Waals surface area contributed by atoms with Gasteiger partial charge in [0.05, 0.1) is 16.5 Å². The van der Waals surface area contributed by atoms with Crippen LogP contribution in [0.2, 0.25) is 0 Å². The van der Waals surface area contributed by atoms with Crippen LogP contribution in [0.15, 0.2) is 35.8 Å². The third-order valence-corrected chi connectivity index (χ3v) is 8.20. The van der Waals surface area contributed by atoms with Gasteiger partial charge in [0.25, 0.3) is 0 Å². The molecule has 0 unspecified atom stereocenters. The normalized spacial score (nSPS) is 27.3. The van der Waals surface area contributed by atoms with E-state index in [2.05, 4.69) is 39.0 Å². The third kappa shape index (κ3) is 4.00. The lowest BCUT2D eigenvalue weighted by atomic mass is 9.77. The number of hydrogen-bond donors (Lipinski definition) is 0. The molecule has 0 bridgehead atoms. The number of rotatable bonds is 6. The molecule has 5 nitrogen and oxygen atoms in total. The van der Waals surface area contributed by atoms with Gasteiger partial charge in [0.15, 0.2) is 0 Å². The third-order valence-electron chi connectivity index (χ3n) is 7.32. The number of carbonyl (C=O) groups excluding carboxylic acids is 1. The monoisotopic (exact) mass is 439 g/mol. The van der Waals surface area contributed by atoms with Gasteiger partial charge in [-0.25, -0.2) is 4.98 Å². The number of likely N-dealkylation sites (tertiary alicyclic amines) is 2. The molecular formula is C25H33N3O2S. The number of ether oxygens (including phenoxy) is 1. The maximum atomic E-state index is 13.8. The Labute approximate surface area is 189 Å². The van der Waals surface area contributed by atoms with E-state index in [1.165, 1.54) is 31.2 Å². The molecule has 3 aliphatic rings. The number of nitrogens with zero attached hydrogens (tertiary/aromatic N) is 3. The molecule has 166 valence electrons. The summed E-state index contributed by atoms with van der Waals surface area (Å²) in [6, 6.07) is 8.89. The molecule has 1 aliphatic carbocycles. The smallest absolute Gasteiger partial charge is 0.231 e. The minimum absolute atomic E-state index is 0.180. The summed E-state index contributed by atoms with van der Waals surface area (Å²) in [6.07, 6.45) is 7.91. The van der Waals surface area contributed by atoms with Crippen LogP contribution in [0.5, 0.6) is 5.75 Å². The Kier molecular flexibility index (Phi) is 5.78. The predicted molar refractivity (Wildman–Crippen MR) is 123 cm³/mol. The highest BCUT2D eigenvalue weighted by Gasteiger charge is 2.58. The van der Waals surface area contributed by atoms with E-state index in [9.17, 15) is 4.79 Å². The molecule has 2 atom stereocenters. The molecule has 1 saturated carbocycles. The molecule has 3 heterocycles. The van der Waals surface area contributed by atoms with Gasteiger partial charge in [-0.15, -0.1) is 11.3 Å². The van der Waals surface area contributed by atoms with Crippen molar-refractivity contribution in [3.05, 3.63) is 46.4 Å². The molecule has 3 fully saturated rings. The quantitative estimate of drug-likeness (QED) is 0.655. The second-order valence-electron chi connectivity index (χ2n) is 9.75. The van der Waals surface area contributed by atoms with E-state index in [0.717, 1.165) is 43.4 Å². The van der Waals surface area contributed by atoms with E-state index >= 15 is 0 Å². The number of thiazole rings is 1. The first-order chi connectivity index (χ1) is 15.0. The van der Waals surface area contributed by atoms with E-state index in [0.29, 0.717) is 11.9 Å². The molecule has 5 rings (SSSR count). The van der Waals surface area contributed by atoms with Crippen LogP contribution in [-0.2, 0) is 11.3 Å². The second-order valence-corrected chi connectivity index (χ2v) is 10.7. The fourth-order valence-corrected chi connectivity index (χ4v) is 6.75. The first-order valence-electron chi connectivity index (χ1n) is 11.7. The van der Waals surface area contributed by atoms with Crippen molar-refractivity contribution in [3.63, 3.8) is 0 Å². The number of benzene rings is 1. The summed E-state index contributed by atoms with van der Waals surface area (Å²) in [6.45, 7) is 7.61. The summed E-state index contributed by atoms with van der Waals surface area (Å²) in [4.78, 5) is 23.2. The maximum absolute atomic E-state index is 13.8. The summed E-state index contributed by atoms with van der Waals surface area (Å²) in [5, 5.41) is 3.18. The molecule has 2 aromatic rings. The van der Waals surface area contributed by atoms with Gasteiger partial charge >= 0.3 is 0 Å². The van der Waals surface area contributed by atoms with Crippen LogP contribution in [0.4, 0.5) is 0 Å². The molecular weight excluding hydrogens is 406 g/mol. The highest BCUT2D eigenvalue weighted by molar-refractivity contribution is 7.09. The van der Waals surface area contributed by atoms with Gasteiger partial charge in [0.1, 0.15) is 5.75 Å². The molecule has 2 aliphatic heterocycles. The van der Waals surface area contributed by atoms with Gasteiger partial charge in [0.2, 0.25) is 5.91 Å². The molecule has 1 spiro atoms. The van der Waals surface area contributed by atoms with Gasteiger partial charge in [0, 0.05) is 49.7 Å². The summed E-state index contributed by atoms with van der Waals surface area (Å²) < 4.78 is 5.79. The summed E-state index contributed by atoms with van der Waals surface area (Å²) >= 11 is 1.71. The number of carbonyl (C=O) groups is 1. The minimum Gasteiger partial charge on any atom is -0.491 e. The number of aromatic nitrogens is 1. The van der Waals surface area contributed by atoms with Crippen LogP contribution in [0.25, 0.3) is 0 Å². The second kappa shape index (κ2) is 8.55. The fraction of sp³-hybridized carbons (Fsp3) is 0.600. The van der Waals surface area contributed by atoms with Gasteiger partial charge < -0.3 is 9.64 Å². The molecule has 0 radical (unpaired) electrons. The van der Waals surface area contributed by atoms with E-state index in [-0.39, 0.29) is 17.4 Å². The van der Waals surface area contributed by atoms with Gasteiger partial charge in [-0.1, -0.05) is 25.0 Å². The number of amides is 1. The van der Waals surface area contributed by atoms with Crippen molar-refractivity contribution in [2.45, 2.75) is 70.6 Å². The lowest BCUT2D eigenvalue weighted by Gasteiger charge is -2.30. The highest BCUT2D eigenvalue weighted by atomic mass is 32.1. The topological polar surface area (TPSA) is 45.7 Å². The van der Waals surface area contributed by atoms with E-state index in [1.54, 1.807) is 11.3 Å². The Morgan fingerprint density at radius 3 is 2.68 bits per heavy atom. The van der Waals surface area contributed by atoms with Crippen LogP contribution < -0.4 is 4.74 Å². The van der Waals surface area contributed by atoms with Crippen molar-refractivity contribution < 1.29 is 9.53 Å². The minimum atomic E-state index is -0.304. The molecule has 1 aromatic heterocycles. The Bertz CT molecular complexity index is 892. The maximum Gasteiger partial charge on any atom is 0.231 e. The summed E-state index contributed by atoms with van der Waals surface area (Å²) in [5.74, 6) is 1.51. The Balaban J connectivity index is 1.35. The molecule has 2 saturated heterocycles. The van der Waals surface area contributed by atoms with Crippen LogP contribution in [0, 0.1) is 5.41 Å². The van der Waals surface area contributed by atoms with Crippen LogP contribution in [-0.4, -0.2) is 52.5 Å². The standard InChI is InChI=1S/C25H33N3O2S/c1-18(2)30-21-9-7-19(8-10-21)15-27-16-22(23-26-12-14-31-23)25(17-27)11-13-28(24(25)29)20-5-3-4-6-20/h7-10,12,14,18,20,22H,3-6,11,13,15-17H2,1-2H3/t22-,25+/m1/s1. The van der Waals surface area contributed by atoms with Crippen molar-refractivity contribution in [1.29, 1.82) is 0 Å². The van der Waals surface area contributed by atoms with Gasteiger partial charge in [-0.3, -0.25) is 9.69 Å². The Morgan fingerprint density at radius 2 is 2.00 bits per heavy atom. The largest absolute Gasteiger partial charge is 0.491 e.